The number of aliphatic carboxylic acids is 1. The van der Waals surface area contributed by atoms with Crippen molar-refractivity contribution < 1.29 is 19.8 Å². The first-order valence-electron chi connectivity index (χ1n) is 4.74. The molecule has 0 aliphatic heterocycles. The van der Waals surface area contributed by atoms with Gasteiger partial charge in [0.2, 0.25) is 5.91 Å². The molecule has 1 rings (SSSR count). The van der Waals surface area contributed by atoms with E-state index in [9.17, 15) is 9.59 Å². The molecule has 0 aliphatic rings. The summed E-state index contributed by atoms with van der Waals surface area (Å²) in [5.41, 5.74) is 0. The fraction of sp³-hybridized carbons (Fsp3) is 0.444. The SMILES string of the molecule is O=C(CCn1cccn1)NCC(O)C(=O)O. The molecule has 1 amide bonds. The van der Waals surface area contributed by atoms with Crippen molar-refractivity contribution in [3.63, 3.8) is 0 Å². The van der Waals surface area contributed by atoms with Crippen LogP contribution in [-0.2, 0) is 16.1 Å². The molecule has 0 saturated heterocycles. The van der Waals surface area contributed by atoms with E-state index in [1.54, 1.807) is 23.1 Å². The van der Waals surface area contributed by atoms with Crippen molar-refractivity contribution in [2.24, 2.45) is 0 Å². The summed E-state index contributed by atoms with van der Waals surface area (Å²) >= 11 is 0. The highest BCUT2D eigenvalue weighted by molar-refractivity contribution is 5.77. The van der Waals surface area contributed by atoms with Gasteiger partial charge in [0.1, 0.15) is 0 Å². The van der Waals surface area contributed by atoms with Crippen LogP contribution in [-0.4, -0.2) is 44.5 Å². The van der Waals surface area contributed by atoms with Gasteiger partial charge in [-0.15, -0.1) is 0 Å². The molecule has 1 unspecified atom stereocenters. The third kappa shape index (κ3) is 4.09. The second kappa shape index (κ2) is 5.86. The number of nitrogens with one attached hydrogen (secondary N) is 1. The average molecular weight is 227 g/mol. The maximum Gasteiger partial charge on any atom is 0.334 e. The van der Waals surface area contributed by atoms with E-state index in [2.05, 4.69) is 10.4 Å². The molecule has 3 N–H and O–H groups in total. The first-order valence-corrected chi connectivity index (χ1v) is 4.74. The van der Waals surface area contributed by atoms with Gasteiger partial charge in [0.15, 0.2) is 6.10 Å². The number of hydrogen-bond acceptors (Lipinski definition) is 4. The van der Waals surface area contributed by atoms with Crippen LogP contribution in [0.2, 0.25) is 0 Å². The third-order valence-corrected chi connectivity index (χ3v) is 1.90. The van der Waals surface area contributed by atoms with Gasteiger partial charge < -0.3 is 15.5 Å². The summed E-state index contributed by atoms with van der Waals surface area (Å²) in [6.07, 6.45) is 1.95. The minimum atomic E-state index is -1.56. The standard InChI is InChI=1S/C9H13N3O4/c13-7(9(15)16)6-10-8(14)2-5-12-4-1-3-11-12/h1,3-4,7,13H,2,5-6H2,(H,10,14)(H,15,16). The minimum absolute atomic E-state index is 0.189. The Bertz CT molecular complexity index is 350. The van der Waals surface area contributed by atoms with Crippen molar-refractivity contribution >= 4 is 11.9 Å². The van der Waals surface area contributed by atoms with E-state index in [0.29, 0.717) is 6.54 Å². The highest BCUT2D eigenvalue weighted by atomic mass is 16.4. The monoisotopic (exact) mass is 227 g/mol. The lowest BCUT2D eigenvalue weighted by Crippen LogP contribution is -2.36. The lowest BCUT2D eigenvalue weighted by molar-refractivity contribution is -0.146. The van der Waals surface area contributed by atoms with Gasteiger partial charge in [-0.2, -0.15) is 5.10 Å². The molecule has 7 heteroatoms. The molecule has 0 spiro atoms. The van der Waals surface area contributed by atoms with E-state index in [1.165, 1.54) is 0 Å². The molecule has 7 nitrogen and oxygen atoms in total. The van der Waals surface area contributed by atoms with E-state index < -0.39 is 12.1 Å². The molecule has 1 aromatic heterocycles. The Morgan fingerprint density at radius 2 is 2.25 bits per heavy atom. The van der Waals surface area contributed by atoms with Crippen LogP contribution in [0.4, 0.5) is 0 Å². The van der Waals surface area contributed by atoms with Crippen LogP contribution in [0.15, 0.2) is 18.5 Å². The lowest BCUT2D eigenvalue weighted by atomic mass is 10.3. The number of carboxylic acid groups (broad SMARTS) is 1. The first kappa shape index (κ1) is 12.2. The highest BCUT2D eigenvalue weighted by Crippen LogP contribution is 1.89. The van der Waals surface area contributed by atoms with E-state index in [-0.39, 0.29) is 18.9 Å². The number of carbonyl (C=O) groups is 2. The lowest BCUT2D eigenvalue weighted by Gasteiger charge is -2.07. The van der Waals surface area contributed by atoms with Crippen LogP contribution >= 0.6 is 0 Å². The van der Waals surface area contributed by atoms with Crippen molar-refractivity contribution in [1.82, 2.24) is 15.1 Å². The summed E-state index contributed by atoms with van der Waals surface area (Å²) < 4.78 is 1.59. The summed E-state index contributed by atoms with van der Waals surface area (Å²) in [7, 11) is 0. The predicted octanol–water partition coefficient (Wildman–Crippen LogP) is -1.17. The van der Waals surface area contributed by atoms with Crippen molar-refractivity contribution in [2.75, 3.05) is 6.54 Å². The minimum Gasteiger partial charge on any atom is -0.479 e. The Kier molecular flexibility index (Phi) is 4.46. The highest BCUT2D eigenvalue weighted by Gasteiger charge is 2.13. The second-order valence-corrected chi connectivity index (χ2v) is 3.18. The molecule has 0 fully saturated rings. The summed E-state index contributed by atoms with van der Waals surface area (Å²) in [5, 5.41) is 23.5. The quantitative estimate of drug-likeness (QED) is 0.568. The Labute approximate surface area is 91.7 Å². The molecular formula is C9H13N3O4. The molecule has 1 aromatic rings. The number of aromatic nitrogens is 2. The molecule has 16 heavy (non-hydrogen) atoms. The number of aliphatic hydroxyl groups is 1. The Hall–Kier alpha value is -1.89. The predicted molar refractivity (Wildman–Crippen MR) is 53.5 cm³/mol. The van der Waals surface area contributed by atoms with Gasteiger partial charge in [0, 0.05) is 25.4 Å². The maximum absolute atomic E-state index is 11.2. The van der Waals surface area contributed by atoms with Gasteiger partial charge in [-0.05, 0) is 6.07 Å². The van der Waals surface area contributed by atoms with Crippen LogP contribution in [0, 0.1) is 0 Å². The zero-order valence-corrected chi connectivity index (χ0v) is 8.54. The van der Waals surface area contributed by atoms with Crippen LogP contribution < -0.4 is 5.32 Å². The fourth-order valence-electron chi connectivity index (χ4n) is 1.04. The number of carboxylic acids is 1. The van der Waals surface area contributed by atoms with E-state index in [0.717, 1.165) is 0 Å². The van der Waals surface area contributed by atoms with Crippen LogP contribution in [0.5, 0.6) is 0 Å². The van der Waals surface area contributed by atoms with Crippen molar-refractivity contribution in [2.45, 2.75) is 19.1 Å². The molecule has 1 atom stereocenters. The number of aryl methyl sites for hydroxylation is 1. The molecule has 0 aromatic carbocycles. The van der Waals surface area contributed by atoms with Crippen LogP contribution in [0.3, 0.4) is 0 Å². The average Bonchev–Trinajstić information content (AvgIpc) is 2.75. The van der Waals surface area contributed by atoms with Gasteiger partial charge in [-0.1, -0.05) is 0 Å². The first-order chi connectivity index (χ1) is 7.59. The van der Waals surface area contributed by atoms with Gasteiger partial charge in [-0.25, -0.2) is 4.79 Å². The molecule has 0 saturated carbocycles. The van der Waals surface area contributed by atoms with E-state index in [1.807, 2.05) is 0 Å². The molecule has 0 bridgehead atoms. The van der Waals surface area contributed by atoms with E-state index in [4.69, 9.17) is 10.2 Å². The topological polar surface area (TPSA) is 104 Å². The number of amides is 1. The smallest absolute Gasteiger partial charge is 0.334 e. The number of nitrogens with zero attached hydrogens (tertiary/aromatic N) is 2. The van der Waals surface area contributed by atoms with Crippen LogP contribution in [0.25, 0.3) is 0 Å². The number of aliphatic hydroxyl groups excluding tert-OH is 1. The number of rotatable bonds is 6. The van der Waals surface area contributed by atoms with Crippen molar-refractivity contribution in [3.8, 4) is 0 Å². The second-order valence-electron chi connectivity index (χ2n) is 3.18. The van der Waals surface area contributed by atoms with Gasteiger partial charge in [-0.3, -0.25) is 9.48 Å². The van der Waals surface area contributed by atoms with Crippen molar-refractivity contribution in [1.29, 1.82) is 0 Å². The zero-order valence-electron chi connectivity index (χ0n) is 8.54. The van der Waals surface area contributed by atoms with Crippen molar-refractivity contribution in [3.05, 3.63) is 18.5 Å². The summed E-state index contributed by atoms with van der Waals surface area (Å²) in [5.74, 6) is -1.68. The maximum atomic E-state index is 11.2. The normalized spacial score (nSPS) is 12.1. The van der Waals surface area contributed by atoms with Gasteiger partial charge >= 0.3 is 5.97 Å². The molecular weight excluding hydrogens is 214 g/mol. The molecule has 0 aliphatic carbocycles. The zero-order chi connectivity index (χ0) is 12.0. The Balaban J connectivity index is 2.19. The summed E-state index contributed by atoms with van der Waals surface area (Å²) in [6, 6.07) is 1.74. The Morgan fingerprint density at radius 3 is 2.81 bits per heavy atom. The van der Waals surface area contributed by atoms with Crippen LogP contribution in [0.1, 0.15) is 6.42 Å². The molecule has 1 heterocycles. The van der Waals surface area contributed by atoms with E-state index >= 15 is 0 Å². The third-order valence-electron chi connectivity index (χ3n) is 1.90. The fourth-order valence-corrected chi connectivity index (χ4v) is 1.04. The van der Waals surface area contributed by atoms with Gasteiger partial charge in [0.05, 0.1) is 6.54 Å². The largest absolute Gasteiger partial charge is 0.479 e. The number of carbonyl (C=O) groups excluding carboxylic acids is 1. The molecule has 0 radical (unpaired) electrons. The summed E-state index contributed by atoms with van der Waals surface area (Å²) in [4.78, 5) is 21.5. The van der Waals surface area contributed by atoms with Gasteiger partial charge in [0.25, 0.3) is 0 Å². The Morgan fingerprint density at radius 1 is 1.50 bits per heavy atom. The number of hydrogen-bond donors (Lipinski definition) is 3. The molecule has 88 valence electrons. The summed E-state index contributed by atoms with van der Waals surface area (Å²) in [6.45, 7) is 0.134.